The first-order chi connectivity index (χ1) is 14.0. The normalized spacial score (nSPS) is 26.8. The Morgan fingerprint density at radius 3 is 2.30 bits per heavy atom. The Morgan fingerprint density at radius 2 is 1.77 bits per heavy atom. The van der Waals surface area contributed by atoms with E-state index in [1.807, 2.05) is 0 Å². The quantitative estimate of drug-likeness (QED) is 0.611. The second-order valence-electron chi connectivity index (χ2n) is 7.42. The maximum Gasteiger partial charge on any atom is 0.307 e. The van der Waals surface area contributed by atoms with Crippen molar-refractivity contribution in [1.29, 1.82) is 0 Å². The van der Waals surface area contributed by atoms with Gasteiger partial charge in [0.2, 0.25) is 4.93 Å². The zero-order valence-corrected chi connectivity index (χ0v) is 18.6. The molecule has 1 heterocycles. The van der Waals surface area contributed by atoms with Crippen LogP contribution in [0.25, 0.3) is 0 Å². The van der Waals surface area contributed by atoms with Crippen LogP contribution >= 0.6 is 35.0 Å². The van der Waals surface area contributed by atoms with E-state index in [1.165, 1.54) is 11.0 Å². The molecule has 1 fully saturated rings. The van der Waals surface area contributed by atoms with E-state index in [9.17, 15) is 24.9 Å². The van der Waals surface area contributed by atoms with Gasteiger partial charge in [0.15, 0.2) is 4.93 Å². The molecule has 1 aliphatic heterocycles. The molecule has 0 aliphatic carbocycles. The molecule has 160 valence electrons. The van der Waals surface area contributed by atoms with Crippen molar-refractivity contribution in [2.24, 2.45) is 0 Å². The second-order valence-corrected chi connectivity index (χ2v) is 9.80. The molecule has 0 radical (unpaired) electrons. The number of amides is 1. The van der Waals surface area contributed by atoms with E-state index in [1.54, 1.807) is 56.3 Å². The highest BCUT2D eigenvalue weighted by atomic mass is 35.5. The first-order valence-corrected chi connectivity index (χ1v) is 10.8. The van der Waals surface area contributed by atoms with Gasteiger partial charge in [0, 0.05) is 16.1 Å². The number of halogens is 2. The van der Waals surface area contributed by atoms with Gasteiger partial charge in [-0.25, -0.2) is 0 Å². The van der Waals surface area contributed by atoms with E-state index in [0.29, 0.717) is 32.9 Å². The van der Waals surface area contributed by atoms with Gasteiger partial charge in [0.25, 0.3) is 5.91 Å². The van der Waals surface area contributed by atoms with Crippen molar-refractivity contribution in [2.45, 2.75) is 42.2 Å². The van der Waals surface area contributed by atoms with Gasteiger partial charge < -0.3 is 20.2 Å². The van der Waals surface area contributed by atoms with E-state index < -0.39 is 40.2 Å². The van der Waals surface area contributed by atoms with Gasteiger partial charge in [0.05, 0.1) is 6.42 Å². The average Bonchev–Trinajstić information content (AvgIpc) is 2.64. The van der Waals surface area contributed by atoms with E-state index in [0.717, 1.165) is 0 Å². The van der Waals surface area contributed by atoms with Crippen LogP contribution in [-0.2, 0) is 14.5 Å². The van der Waals surface area contributed by atoms with Crippen LogP contribution in [0.15, 0.2) is 48.5 Å². The summed E-state index contributed by atoms with van der Waals surface area (Å²) in [5.41, 5.74) is 0.913. The molecule has 9 heteroatoms. The van der Waals surface area contributed by atoms with Crippen LogP contribution in [0.3, 0.4) is 0 Å². The van der Waals surface area contributed by atoms with Crippen molar-refractivity contribution in [3.8, 4) is 0 Å². The molecule has 30 heavy (non-hydrogen) atoms. The summed E-state index contributed by atoms with van der Waals surface area (Å²) in [5, 5.41) is 33.2. The van der Waals surface area contributed by atoms with Gasteiger partial charge in [-0.15, -0.1) is 0 Å². The molecule has 0 unspecified atom stereocenters. The first-order valence-electron chi connectivity index (χ1n) is 9.19. The molecular formula is C21H21Cl2NO5S. The van der Waals surface area contributed by atoms with Crippen LogP contribution < -0.4 is 0 Å². The molecule has 1 amide bonds. The van der Waals surface area contributed by atoms with Gasteiger partial charge in [-0.3, -0.25) is 9.59 Å². The third-order valence-corrected chi connectivity index (χ3v) is 6.83. The minimum Gasteiger partial charge on any atom is -0.481 e. The summed E-state index contributed by atoms with van der Waals surface area (Å²) in [6.07, 6.45) is -0.865. The summed E-state index contributed by atoms with van der Waals surface area (Å²) in [5.74, 6) is -2.14. The van der Waals surface area contributed by atoms with Crippen molar-refractivity contribution in [3.05, 3.63) is 69.7 Å². The lowest BCUT2D eigenvalue weighted by Gasteiger charge is -2.53. The zero-order chi connectivity index (χ0) is 22.3. The number of nitrogens with zero attached hydrogens (tertiary/aromatic N) is 1. The predicted octanol–water partition coefficient (Wildman–Crippen LogP) is 4.03. The van der Waals surface area contributed by atoms with E-state index in [2.05, 4.69) is 0 Å². The fraction of sp³-hybridized carbons (Fsp3) is 0.333. The van der Waals surface area contributed by atoms with Crippen LogP contribution in [0.2, 0.25) is 10.0 Å². The molecule has 0 bridgehead atoms. The summed E-state index contributed by atoms with van der Waals surface area (Å²) in [7, 11) is 0. The summed E-state index contributed by atoms with van der Waals surface area (Å²) in [6, 6.07) is 11.7. The molecule has 0 spiro atoms. The van der Waals surface area contributed by atoms with Crippen LogP contribution in [0, 0.1) is 0 Å². The zero-order valence-electron chi connectivity index (χ0n) is 16.3. The summed E-state index contributed by atoms with van der Waals surface area (Å²) in [6.45, 7) is 3.47. The van der Waals surface area contributed by atoms with Crippen molar-refractivity contribution in [2.75, 3.05) is 0 Å². The predicted molar refractivity (Wildman–Crippen MR) is 116 cm³/mol. The molecule has 1 aliphatic rings. The Balaban J connectivity index is 2.27. The molecule has 2 aromatic carbocycles. The number of aliphatic hydroxyl groups is 2. The molecule has 0 aromatic heterocycles. The molecule has 3 atom stereocenters. The lowest BCUT2D eigenvalue weighted by atomic mass is 9.91. The van der Waals surface area contributed by atoms with Crippen molar-refractivity contribution in [1.82, 2.24) is 4.90 Å². The summed E-state index contributed by atoms with van der Waals surface area (Å²) >= 11 is 12.7. The van der Waals surface area contributed by atoms with Crippen LogP contribution in [0.1, 0.15) is 37.4 Å². The lowest BCUT2D eigenvalue weighted by Crippen LogP contribution is -2.62. The number of hydrogen-bond donors (Lipinski definition) is 3. The summed E-state index contributed by atoms with van der Waals surface area (Å²) < 4.78 is 0. The molecule has 1 saturated heterocycles. The highest BCUT2D eigenvalue weighted by Gasteiger charge is 2.60. The second kappa shape index (κ2) is 8.40. The minimum atomic E-state index is -2.36. The minimum absolute atomic E-state index is 0.335. The number of carboxylic acids is 1. The maximum atomic E-state index is 13.3. The fourth-order valence-electron chi connectivity index (χ4n) is 3.67. The fourth-order valence-corrected chi connectivity index (χ4v) is 5.50. The number of carbonyl (C=O) groups is 2. The van der Waals surface area contributed by atoms with Crippen molar-refractivity contribution in [3.63, 3.8) is 0 Å². The standard InChI is InChI=1S/C21H21Cl2NO5S/c1-12(2)24-18(13-6-8-15(22)9-7-13)21(29,14-4-3-5-16(23)10-14)30-20(28,19(24)27)11-17(25)26/h3-10,12,18,28-29H,11H2,1-2H3,(H,25,26)/t18-,20+,21+/m1/s1. The highest BCUT2D eigenvalue weighted by Crippen LogP contribution is 2.57. The van der Waals surface area contributed by atoms with Gasteiger partial charge in [-0.2, -0.15) is 0 Å². The number of hydrogen-bond acceptors (Lipinski definition) is 5. The van der Waals surface area contributed by atoms with Crippen LogP contribution in [0.4, 0.5) is 0 Å². The number of thioether (sulfide) groups is 1. The van der Waals surface area contributed by atoms with Gasteiger partial charge in [-0.1, -0.05) is 59.2 Å². The number of benzene rings is 2. The number of rotatable bonds is 5. The van der Waals surface area contributed by atoms with Crippen LogP contribution in [0.5, 0.6) is 0 Å². The lowest BCUT2D eigenvalue weighted by molar-refractivity contribution is -0.161. The van der Waals surface area contributed by atoms with E-state index >= 15 is 0 Å². The van der Waals surface area contributed by atoms with Gasteiger partial charge in [-0.05, 0) is 49.2 Å². The molecule has 3 N–H and O–H groups in total. The number of carbonyl (C=O) groups excluding carboxylic acids is 1. The van der Waals surface area contributed by atoms with E-state index in [-0.39, 0.29) is 0 Å². The number of aliphatic carboxylic acids is 1. The Labute approximate surface area is 188 Å². The third-order valence-electron chi connectivity index (χ3n) is 4.91. The number of carboxylic acid groups (broad SMARTS) is 1. The molecule has 2 aromatic rings. The Hall–Kier alpha value is -1.77. The summed E-state index contributed by atoms with van der Waals surface area (Å²) in [4.78, 5) is 21.8. The Bertz CT molecular complexity index is 970. The molecule has 3 rings (SSSR count). The molecule has 0 saturated carbocycles. The molecule has 6 nitrogen and oxygen atoms in total. The monoisotopic (exact) mass is 469 g/mol. The van der Waals surface area contributed by atoms with Gasteiger partial charge >= 0.3 is 5.97 Å². The largest absolute Gasteiger partial charge is 0.481 e. The Morgan fingerprint density at radius 1 is 1.13 bits per heavy atom. The highest BCUT2D eigenvalue weighted by molar-refractivity contribution is 8.02. The van der Waals surface area contributed by atoms with Crippen molar-refractivity contribution < 1.29 is 24.9 Å². The first kappa shape index (κ1) is 22.9. The maximum absolute atomic E-state index is 13.3. The van der Waals surface area contributed by atoms with Crippen molar-refractivity contribution >= 4 is 46.8 Å². The molecular weight excluding hydrogens is 449 g/mol. The van der Waals surface area contributed by atoms with Gasteiger partial charge in [0.1, 0.15) is 6.04 Å². The van der Waals surface area contributed by atoms with Crippen LogP contribution in [-0.4, -0.2) is 43.1 Å². The third kappa shape index (κ3) is 4.18. The average molecular weight is 470 g/mol. The smallest absolute Gasteiger partial charge is 0.307 e. The topological polar surface area (TPSA) is 98.1 Å². The SMILES string of the molecule is CC(C)N1C(=O)[C@](O)(CC(=O)O)S[C@@](O)(c2cccc(Cl)c2)[C@H]1c1ccc(Cl)cc1. The Kier molecular flexibility index (Phi) is 6.41. The van der Waals surface area contributed by atoms with E-state index in [4.69, 9.17) is 23.2 Å².